The summed E-state index contributed by atoms with van der Waals surface area (Å²) in [6, 6.07) is 18.0. The third-order valence-corrected chi connectivity index (χ3v) is 8.18. The lowest BCUT2D eigenvalue weighted by Gasteiger charge is -2.30. The molecule has 0 saturated carbocycles. The lowest BCUT2D eigenvalue weighted by molar-refractivity contribution is -0.134. The summed E-state index contributed by atoms with van der Waals surface area (Å²) >= 11 is 6.10. The second-order valence-corrected chi connectivity index (χ2v) is 10.6. The molecule has 1 N–H and O–H groups in total. The van der Waals surface area contributed by atoms with Crippen molar-refractivity contribution < 1.29 is 14.4 Å². The Bertz CT molecular complexity index is 1370. The number of rotatable bonds is 5. The van der Waals surface area contributed by atoms with Crippen LogP contribution < -0.4 is 10.2 Å². The SMILES string of the molecule is Cl.O=C1CCC(N2C(=O)c3cccc4c(Cc5ccc(CC6CCN(Cl)CC6)cc5)ccc2c34)C(=O)N1. The van der Waals surface area contributed by atoms with E-state index in [4.69, 9.17) is 11.8 Å². The molecule has 0 bridgehead atoms. The number of imide groups is 1. The van der Waals surface area contributed by atoms with Gasteiger partial charge >= 0.3 is 0 Å². The lowest BCUT2D eigenvalue weighted by atomic mass is 9.90. The van der Waals surface area contributed by atoms with Crippen LogP contribution in [0.5, 0.6) is 0 Å². The minimum atomic E-state index is -0.666. The van der Waals surface area contributed by atoms with Crippen LogP contribution in [-0.4, -0.2) is 41.3 Å². The Morgan fingerprint density at radius 1 is 0.892 bits per heavy atom. The highest BCUT2D eigenvalue weighted by Gasteiger charge is 2.40. The fourth-order valence-electron chi connectivity index (χ4n) is 5.91. The van der Waals surface area contributed by atoms with Gasteiger partial charge in [-0.05, 0) is 84.0 Å². The first-order chi connectivity index (χ1) is 17.5. The van der Waals surface area contributed by atoms with Crippen LogP contribution in [0.2, 0.25) is 0 Å². The van der Waals surface area contributed by atoms with Crippen LogP contribution in [-0.2, 0) is 22.4 Å². The van der Waals surface area contributed by atoms with Crippen molar-refractivity contribution in [1.29, 1.82) is 0 Å². The Morgan fingerprint density at radius 2 is 1.62 bits per heavy atom. The molecule has 1 unspecified atom stereocenters. The third-order valence-electron chi connectivity index (χ3n) is 7.84. The van der Waals surface area contributed by atoms with Gasteiger partial charge in [-0.25, -0.2) is 4.42 Å². The minimum Gasteiger partial charge on any atom is -0.295 e. The Balaban J connectivity index is 0.00000280. The number of amides is 3. The van der Waals surface area contributed by atoms with E-state index >= 15 is 0 Å². The summed E-state index contributed by atoms with van der Waals surface area (Å²) in [6.45, 7) is 1.91. The van der Waals surface area contributed by atoms with Crippen molar-refractivity contribution in [1.82, 2.24) is 9.74 Å². The van der Waals surface area contributed by atoms with Crippen LogP contribution in [0.1, 0.15) is 52.7 Å². The van der Waals surface area contributed by atoms with Crippen LogP contribution in [0, 0.1) is 5.92 Å². The maximum atomic E-state index is 13.3. The van der Waals surface area contributed by atoms with E-state index in [1.807, 2.05) is 22.6 Å². The summed E-state index contributed by atoms with van der Waals surface area (Å²) in [5, 5.41) is 4.31. The molecule has 0 spiro atoms. The van der Waals surface area contributed by atoms with Gasteiger partial charge in [-0.2, -0.15) is 0 Å². The summed E-state index contributed by atoms with van der Waals surface area (Å²) in [5.74, 6) is -0.177. The number of nitrogens with zero attached hydrogens (tertiary/aromatic N) is 2. The van der Waals surface area contributed by atoms with Crippen molar-refractivity contribution in [2.75, 3.05) is 18.0 Å². The van der Waals surface area contributed by atoms with Crippen LogP contribution in [0.4, 0.5) is 5.69 Å². The number of carbonyl (C=O) groups is 3. The average molecular weight is 538 g/mol. The Morgan fingerprint density at radius 3 is 2.35 bits per heavy atom. The highest BCUT2D eigenvalue weighted by atomic mass is 35.5. The van der Waals surface area contributed by atoms with Gasteiger partial charge in [0, 0.05) is 30.5 Å². The average Bonchev–Trinajstić information content (AvgIpc) is 3.16. The van der Waals surface area contributed by atoms with E-state index in [0.717, 1.165) is 60.8 Å². The highest BCUT2D eigenvalue weighted by molar-refractivity contribution is 6.27. The van der Waals surface area contributed by atoms with E-state index in [1.54, 1.807) is 4.90 Å². The highest BCUT2D eigenvalue weighted by Crippen LogP contribution is 2.41. The molecule has 3 aliphatic heterocycles. The minimum absolute atomic E-state index is 0. The van der Waals surface area contributed by atoms with Gasteiger partial charge in [-0.3, -0.25) is 24.6 Å². The smallest absolute Gasteiger partial charge is 0.259 e. The van der Waals surface area contributed by atoms with Gasteiger partial charge in [-0.1, -0.05) is 42.5 Å². The fourth-order valence-corrected chi connectivity index (χ4v) is 6.11. The molecule has 192 valence electrons. The zero-order valence-corrected chi connectivity index (χ0v) is 22.0. The zero-order chi connectivity index (χ0) is 24.8. The zero-order valence-electron chi connectivity index (χ0n) is 20.4. The number of halogens is 2. The fraction of sp³-hybridized carbons (Fsp3) is 0.345. The molecule has 0 aliphatic carbocycles. The van der Waals surface area contributed by atoms with Crippen molar-refractivity contribution in [3.8, 4) is 0 Å². The van der Waals surface area contributed by atoms with E-state index in [2.05, 4.69) is 41.7 Å². The summed E-state index contributed by atoms with van der Waals surface area (Å²) in [6.07, 6.45) is 4.70. The van der Waals surface area contributed by atoms with Gasteiger partial charge in [0.2, 0.25) is 11.8 Å². The van der Waals surface area contributed by atoms with Crippen molar-refractivity contribution in [3.63, 3.8) is 0 Å². The molecule has 6 nitrogen and oxygen atoms in total. The van der Waals surface area contributed by atoms with E-state index in [9.17, 15) is 14.4 Å². The van der Waals surface area contributed by atoms with Gasteiger partial charge in [0.15, 0.2) is 0 Å². The van der Waals surface area contributed by atoms with Crippen LogP contribution in [0.25, 0.3) is 10.8 Å². The van der Waals surface area contributed by atoms with E-state index in [0.29, 0.717) is 17.9 Å². The summed E-state index contributed by atoms with van der Waals surface area (Å²) < 4.78 is 1.88. The monoisotopic (exact) mass is 537 g/mol. The van der Waals surface area contributed by atoms with Crippen LogP contribution in [0.3, 0.4) is 0 Å². The number of anilines is 1. The number of benzene rings is 3. The second kappa shape index (κ2) is 10.4. The molecule has 2 fully saturated rings. The maximum Gasteiger partial charge on any atom is 0.259 e. The first kappa shape index (κ1) is 25.7. The molecule has 8 heteroatoms. The topological polar surface area (TPSA) is 69.7 Å². The van der Waals surface area contributed by atoms with Crippen molar-refractivity contribution in [2.24, 2.45) is 5.92 Å². The molecule has 3 aromatic carbocycles. The predicted molar refractivity (Wildman–Crippen MR) is 147 cm³/mol. The molecule has 1 atom stereocenters. The van der Waals surface area contributed by atoms with Crippen LogP contribution in [0.15, 0.2) is 54.6 Å². The van der Waals surface area contributed by atoms with Gasteiger partial charge < -0.3 is 0 Å². The number of carbonyl (C=O) groups excluding carboxylic acids is 3. The first-order valence-electron chi connectivity index (χ1n) is 12.7. The maximum absolute atomic E-state index is 13.3. The number of nitrogens with one attached hydrogen (secondary N) is 1. The standard InChI is InChI=1S/C29H28ClN3O3.ClH/c30-32-14-12-20(13-15-32)16-18-4-6-19(7-5-18)17-21-8-9-24-27-22(21)2-1-3-23(27)29(36)33(24)25-10-11-26(34)31-28(25)35;/h1-9,20,25H,10-17H2,(H,31,34,35);1H. The lowest BCUT2D eigenvalue weighted by Crippen LogP contribution is -2.53. The summed E-state index contributed by atoms with van der Waals surface area (Å²) in [7, 11) is 0. The molecule has 0 aromatic heterocycles. The van der Waals surface area contributed by atoms with Crippen molar-refractivity contribution in [3.05, 3.63) is 76.9 Å². The van der Waals surface area contributed by atoms with Gasteiger partial charge in [-0.15, -0.1) is 12.4 Å². The molecular weight excluding hydrogens is 509 g/mol. The molecule has 2 saturated heterocycles. The Kier molecular flexibility index (Phi) is 7.26. The number of piperidine rings is 2. The van der Waals surface area contributed by atoms with E-state index in [-0.39, 0.29) is 30.6 Å². The third kappa shape index (κ3) is 4.86. The molecule has 3 amide bonds. The van der Waals surface area contributed by atoms with Gasteiger partial charge in [0.1, 0.15) is 6.04 Å². The molecule has 0 radical (unpaired) electrons. The van der Waals surface area contributed by atoms with Crippen molar-refractivity contribution >= 4 is 58.4 Å². The number of hydrogen-bond donors (Lipinski definition) is 1. The predicted octanol–water partition coefficient (Wildman–Crippen LogP) is 5.03. The molecule has 37 heavy (non-hydrogen) atoms. The van der Waals surface area contributed by atoms with E-state index in [1.165, 1.54) is 11.1 Å². The van der Waals surface area contributed by atoms with Crippen LogP contribution >= 0.6 is 24.2 Å². The molecule has 3 aromatic rings. The molecule has 3 heterocycles. The molecule has 6 rings (SSSR count). The van der Waals surface area contributed by atoms with Gasteiger partial charge in [0.25, 0.3) is 5.91 Å². The molecule has 3 aliphatic rings. The van der Waals surface area contributed by atoms with Gasteiger partial charge in [0.05, 0.1) is 5.69 Å². The Labute approximate surface area is 227 Å². The summed E-state index contributed by atoms with van der Waals surface area (Å²) in [5.41, 5.74) is 5.10. The molecular formula is C29H29Cl2N3O3. The van der Waals surface area contributed by atoms with E-state index < -0.39 is 11.9 Å². The second-order valence-electron chi connectivity index (χ2n) is 10.2. The Hall–Kier alpha value is -2.93. The normalized spacial score (nSPS) is 20.3. The summed E-state index contributed by atoms with van der Waals surface area (Å²) in [4.78, 5) is 39.1. The quantitative estimate of drug-likeness (QED) is 0.366. The first-order valence-corrected chi connectivity index (χ1v) is 13.0. The largest absolute Gasteiger partial charge is 0.295 e. The number of hydrogen-bond acceptors (Lipinski definition) is 4. The van der Waals surface area contributed by atoms with Crippen molar-refractivity contribution in [2.45, 2.75) is 44.6 Å².